The first-order valence-electron chi connectivity index (χ1n) is 5.46. The van der Waals surface area contributed by atoms with E-state index in [0.717, 1.165) is 13.0 Å². The highest BCUT2D eigenvalue weighted by atomic mass is 16.3. The van der Waals surface area contributed by atoms with Gasteiger partial charge in [-0.15, -0.1) is 0 Å². The maximum Gasteiger partial charge on any atom is 0.211 e. The standard InChI is InChI=1S/C12H19NO2/c1-4-7-13(10(2)3)9-11(14)12-6-5-8-15-12/h5-6,8,10H,4,7,9H2,1-3H3. The van der Waals surface area contributed by atoms with Gasteiger partial charge in [0.2, 0.25) is 5.78 Å². The molecule has 0 spiro atoms. The molecule has 84 valence electrons. The second kappa shape index (κ2) is 5.71. The topological polar surface area (TPSA) is 33.5 Å². The van der Waals surface area contributed by atoms with E-state index in [9.17, 15) is 4.79 Å². The molecule has 0 atom stereocenters. The third kappa shape index (κ3) is 3.51. The molecule has 3 heteroatoms. The number of hydrogen-bond donors (Lipinski definition) is 0. The van der Waals surface area contributed by atoms with Crippen molar-refractivity contribution in [3.8, 4) is 0 Å². The Balaban J connectivity index is 2.55. The van der Waals surface area contributed by atoms with Crippen molar-refractivity contribution < 1.29 is 9.21 Å². The summed E-state index contributed by atoms with van der Waals surface area (Å²) < 4.78 is 5.08. The fourth-order valence-corrected chi connectivity index (χ4v) is 1.51. The van der Waals surface area contributed by atoms with E-state index in [1.54, 1.807) is 12.1 Å². The summed E-state index contributed by atoms with van der Waals surface area (Å²) in [6.07, 6.45) is 2.59. The van der Waals surface area contributed by atoms with Crippen LogP contribution in [0.25, 0.3) is 0 Å². The molecular weight excluding hydrogens is 190 g/mol. The predicted molar refractivity (Wildman–Crippen MR) is 60.0 cm³/mol. The van der Waals surface area contributed by atoms with Crippen molar-refractivity contribution >= 4 is 5.78 Å². The van der Waals surface area contributed by atoms with E-state index in [-0.39, 0.29) is 5.78 Å². The number of nitrogens with zero attached hydrogens (tertiary/aromatic N) is 1. The molecule has 1 aromatic heterocycles. The van der Waals surface area contributed by atoms with Crippen LogP contribution in [0.1, 0.15) is 37.7 Å². The fraction of sp³-hybridized carbons (Fsp3) is 0.583. The van der Waals surface area contributed by atoms with Crippen LogP contribution in [0, 0.1) is 0 Å². The summed E-state index contributed by atoms with van der Waals surface area (Å²) in [5.41, 5.74) is 0. The van der Waals surface area contributed by atoms with E-state index in [4.69, 9.17) is 4.42 Å². The van der Waals surface area contributed by atoms with E-state index >= 15 is 0 Å². The Labute approximate surface area is 91.1 Å². The molecule has 0 aromatic carbocycles. The number of carbonyl (C=O) groups is 1. The molecule has 0 aliphatic carbocycles. The first-order chi connectivity index (χ1) is 7.15. The van der Waals surface area contributed by atoms with Gasteiger partial charge in [0.25, 0.3) is 0 Å². The zero-order valence-corrected chi connectivity index (χ0v) is 9.69. The van der Waals surface area contributed by atoms with Crippen LogP contribution in [0.15, 0.2) is 22.8 Å². The van der Waals surface area contributed by atoms with Crippen LogP contribution < -0.4 is 0 Å². The van der Waals surface area contributed by atoms with Gasteiger partial charge in [-0.25, -0.2) is 0 Å². The lowest BCUT2D eigenvalue weighted by molar-refractivity contribution is 0.0878. The summed E-state index contributed by atoms with van der Waals surface area (Å²) in [4.78, 5) is 13.9. The number of hydrogen-bond acceptors (Lipinski definition) is 3. The minimum absolute atomic E-state index is 0.0575. The van der Waals surface area contributed by atoms with Crippen LogP contribution in [-0.2, 0) is 0 Å². The van der Waals surface area contributed by atoms with E-state index in [2.05, 4.69) is 25.7 Å². The Morgan fingerprint density at radius 1 is 1.53 bits per heavy atom. The largest absolute Gasteiger partial charge is 0.461 e. The normalized spacial score (nSPS) is 11.3. The van der Waals surface area contributed by atoms with Gasteiger partial charge in [-0.05, 0) is 38.9 Å². The second-order valence-electron chi connectivity index (χ2n) is 3.96. The van der Waals surface area contributed by atoms with Gasteiger partial charge in [0, 0.05) is 6.04 Å². The SMILES string of the molecule is CCCN(CC(=O)c1ccco1)C(C)C. The molecule has 1 heterocycles. The van der Waals surface area contributed by atoms with E-state index < -0.39 is 0 Å². The minimum atomic E-state index is 0.0575. The quantitative estimate of drug-likeness (QED) is 0.675. The van der Waals surface area contributed by atoms with Gasteiger partial charge in [-0.3, -0.25) is 9.69 Å². The molecule has 0 amide bonds. The van der Waals surface area contributed by atoms with Crippen LogP contribution in [0.3, 0.4) is 0 Å². The van der Waals surface area contributed by atoms with E-state index in [1.807, 2.05) is 0 Å². The van der Waals surface area contributed by atoms with Crippen molar-refractivity contribution in [2.45, 2.75) is 33.2 Å². The highest BCUT2D eigenvalue weighted by molar-refractivity contribution is 5.95. The molecule has 15 heavy (non-hydrogen) atoms. The fourth-order valence-electron chi connectivity index (χ4n) is 1.51. The van der Waals surface area contributed by atoms with Crippen LogP contribution in [-0.4, -0.2) is 29.8 Å². The molecule has 0 saturated carbocycles. The van der Waals surface area contributed by atoms with Gasteiger partial charge in [0.1, 0.15) is 0 Å². The van der Waals surface area contributed by atoms with Gasteiger partial charge in [0.05, 0.1) is 12.8 Å². The number of carbonyl (C=O) groups excluding carboxylic acids is 1. The number of ketones is 1. The molecule has 0 fully saturated rings. The lowest BCUT2D eigenvalue weighted by atomic mass is 10.2. The highest BCUT2D eigenvalue weighted by Gasteiger charge is 2.15. The average Bonchev–Trinajstić information content (AvgIpc) is 2.69. The maximum atomic E-state index is 11.8. The molecule has 0 unspecified atom stereocenters. The Morgan fingerprint density at radius 2 is 2.27 bits per heavy atom. The summed E-state index contributed by atoms with van der Waals surface area (Å²) in [6, 6.07) is 3.85. The van der Waals surface area contributed by atoms with Crippen molar-refractivity contribution in [1.82, 2.24) is 4.90 Å². The zero-order valence-electron chi connectivity index (χ0n) is 9.69. The summed E-state index contributed by atoms with van der Waals surface area (Å²) in [5.74, 6) is 0.513. The van der Waals surface area contributed by atoms with Gasteiger partial charge in [0.15, 0.2) is 5.76 Å². The smallest absolute Gasteiger partial charge is 0.211 e. The molecule has 0 aliphatic heterocycles. The first kappa shape index (κ1) is 12.0. The Bertz CT molecular complexity index is 291. The summed E-state index contributed by atoms with van der Waals surface area (Å²) in [7, 11) is 0. The lowest BCUT2D eigenvalue weighted by Gasteiger charge is -2.24. The molecule has 0 saturated heterocycles. The van der Waals surface area contributed by atoms with Gasteiger partial charge < -0.3 is 4.42 Å². The van der Waals surface area contributed by atoms with E-state index in [0.29, 0.717) is 18.3 Å². The van der Waals surface area contributed by atoms with Crippen molar-refractivity contribution in [2.75, 3.05) is 13.1 Å². The van der Waals surface area contributed by atoms with Crippen LogP contribution in [0.4, 0.5) is 0 Å². The number of rotatable bonds is 6. The van der Waals surface area contributed by atoms with Crippen LogP contribution in [0.2, 0.25) is 0 Å². The predicted octanol–water partition coefficient (Wildman–Crippen LogP) is 2.58. The van der Waals surface area contributed by atoms with E-state index in [1.165, 1.54) is 6.26 Å². The summed E-state index contributed by atoms with van der Waals surface area (Å²) >= 11 is 0. The third-order valence-electron chi connectivity index (χ3n) is 2.38. The first-order valence-corrected chi connectivity index (χ1v) is 5.46. The molecular formula is C12H19NO2. The molecule has 0 aliphatic rings. The van der Waals surface area contributed by atoms with Gasteiger partial charge in [-0.1, -0.05) is 6.92 Å². The van der Waals surface area contributed by atoms with Gasteiger partial charge >= 0.3 is 0 Å². The Morgan fingerprint density at radius 3 is 2.73 bits per heavy atom. The third-order valence-corrected chi connectivity index (χ3v) is 2.38. The number of Topliss-reactive ketones (excluding diaryl/α,β-unsaturated/α-hetero) is 1. The van der Waals surface area contributed by atoms with Crippen molar-refractivity contribution in [3.05, 3.63) is 24.2 Å². The highest BCUT2D eigenvalue weighted by Crippen LogP contribution is 2.06. The van der Waals surface area contributed by atoms with Crippen LogP contribution >= 0.6 is 0 Å². The maximum absolute atomic E-state index is 11.8. The lowest BCUT2D eigenvalue weighted by Crippen LogP contribution is -2.36. The summed E-state index contributed by atoms with van der Waals surface area (Å²) in [5, 5.41) is 0. The molecule has 0 radical (unpaired) electrons. The molecule has 0 bridgehead atoms. The minimum Gasteiger partial charge on any atom is -0.461 e. The second-order valence-corrected chi connectivity index (χ2v) is 3.96. The Hall–Kier alpha value is -1.09. The van der Waals surface area contributed by atoms with Gasteiger partial charge in [-0.2, -0.15) is 0 Å². The average molecular weight is 209 g/mol. The zero-order chi connectivity index (χ0) is 11.3. The molecule has 3 nitrogen and oxygen atoms in total. The van der Waals surface area contributed by atoms with Crippen molar-refractivity contribution in [3.63, 3.8) is 0 Å². The monoisotopic (exact) mass is 209 g/mol. The molecule has 1 aromatic rings. The van der Waals surface area contributed by atoms with Crippen molar-refractivity contribution in [2.24, 2.45) is 0 Å². The summed E-state index contributed by atoms with van der Waals surface area (Å²) in [6.45, 7) is 7.71. The van der Waals surface area contributed by atoms with Crippen molar-refractivity contribution in [1.29, 1.82) is 0 Å². The van der Waals surface area contributed by atoms with Crippen LogP contribution in [0.5, 0.6) is 0 Å². The Kier molecular flexibility index (Phi) is 4.56. The number of furan rings is 1. The molecule has 1 rings (SSSR count). The molecule has 0 N–H and O–H groups in total.